The summed E-state index contributed by atoms with van der Waals surface area (Å²) in [6.45, 7) is 0. The van der Waals surface area contributed by atoms with Crippen LogP contribution in [0.3, 0.4) is 0 Å². The van der Waals surface area contributed by atoms with Crippen molar-refractivity contribution in [2.45, 2.75) is 0 Å². The number of amides is 1. The van der Waals surface area contributed by atoms with E-state index in [9.17, 15) is 9.90 Å². The smallest absolute Gasteiger partial charge is 0.265 e. The zero-order valence-corrected chi connectivity index (χ0v) is 11.1. The van der Waals surface area contributed by atoms with Crippen LogP contribution in [0.25, 0.3) is 0 Å². The van der Waals surface area contributed by atoms with Crippen LogP contribution >= 0.6 is 0 Å². The minimum Gasteiger partial charge on any atom is -0.493 e. The molecular weight excluding hydrogens is 288 g/mol. The molecule has 0 aromatic heterocycles. The molecule has 7 N–H and O–H groups in total. The molecule has 0 unspecified atom stereocenters. The van der Waals surface area contributed by atoms with Gasteiger partial charge in [-0.3, -0.25) is 15.6 Å². The van der Waals surface area contributed by atoms with Gasteiger partial charge in [-0.15, -0.1) is 0 Å². The van der Waals surface area contributed by atoms with Crippen molar-refractivity contribution >= 4 is 5.91 Å². The maximum Gasteiger partial charge on any atom is 0.265 e. The summed E-state index contributed by atoms with van der Waals surface area (Å²) in [5, 5.41) is 9.20. The van der Waals surface area contributed by atoms with E-state index >= 15 is 0 Å². The van der Waals surface area contributed by atoms with Crippen molar-refractivity contribution in [2.75, 3.05) is 0 Å². The average molecular weight is 303 g/mol. The van der Waals surface area contributed by atoms with E-state index in [4.69, 9.17) is 11.7 Å². The van der Waals surface area contributed by atoms with Gasteiger partial charge in [0.15, 0.2) is 0 Å². The molecule has 0 saturated carbocycles. The van der Waals surface area contributed by atoms with Crippen LogP contribution in [0.15, 0.2) is 65.6 Å². The topological polar surface area (TPSA) is 113 Å². The number of nitrogens with one attached hydrogen (secondary N) is 2. The largest absolute Gasteiger partial charge is 0.493 e. The molecule has 1 aliphatic carbocycles. The third-order valence-electron chi connectivity index (χ3n) is 2.14. The summed E-state index contributed by atoms with van der Waals surface area (Å²) in [6.07, 6.45) is 4.66. The number of hydrazine groups is 2. The van der Waals surface area contributed by atoms with Crippen LogP contribution in [0.4, 0.5) is 0 Å². The number of nitrogens with two attached hydrogens (primary N) is 2. The maximum absolute atomic E-state index is 11.1. The molecule has 19 heavy (non-hydrogen) atoms. The third-order valence-corrected chi connectivity index (χ3v) is 2.14. The minimum atomic E-state index is -0.484. The number of allylic oxidation sites excluding steroid dienone is 3. The Balaban J connectivity index is 0.000000454. The molecule has 0 spiro atoms. The Bertz CT molecular complexity index is 461. The molecule has 1 aromatic rings. The van der Waals surface area contributed by atoms with Crippen LogP contribution in [-0.4, -0.2) is 11.0 Å². The van der Waals surface area contributed by atoms with Gasteiger partial charge in [-0.2, -0.15) is 18.2 Å². The maximum atomic E-state index is 11.1. The van der Waals surface area contributed by atoms with Crippen molar-refractivity contribution < 1.29 is 27.0 Å². The fourth-order valence-corrected chi connectivity index (χ4v) is 1.30. The quantitative estimate of drug-likeness (QED) is 0.133. The first-order valence-electron chi connectivity index (χ1n) is 5.17. The van der Waals surface area contributed by atoms with E-state index < -0.39 is 5.91 Å². The van der Waals surface area contributed by atoms with Gasteiger partial charge in [0.25, 0.3) is 5.91 Å². The van der Waals surface area contributed by atoms with E-state index in [1.54, 1.807) is 12.2 Å². The SMILES string of the molecule is NNC(=O)C1=CC=C/C1=C(/O)NN.[Fe].c1cc[cH-]c1. The summed E-state index contributed by atoms with van der Waals surface area (Å²) in [7, 11) is 0. The predicted molar refractivity (Wildman–Crippen MR) is 68.6 cm³/mol. The van der Waals surface area contributed by atoms with Crippen molar-refractivity contribution in [1.29, 1.82) is 0 Å². The minimum absolute atomic E-state index is 0. The Morgan fingerprint density at radius 3 is 2.26 bits per heavy atom. The summed E-state index contributed by atoms with van der Waals surface area (Å²) in [4.78, 5) is 11.1. The summed E-state index contributed by atoms with van der Waals surface area (Å²) in [5.74, 6) is 9.15. The molecule has 104 valence electrons. The molecule has 0 aliphatic heterocycles. The van der Waals surface area contributed by atoms with E-state index in [1.807, 2.05) is 41.2 Å². The number of hydrogen-bond donors (Lipinski definition) is 5. The van der Waals surface area contributed by atoms with E-state index in [-0.39, 0.29) is 28.5 Å². The first-order chi connectivity index (χ1) is 8.70. The Hall–Kier alpha value is -1.92. The first-order valence-corrected chi connectivity index (χ1v) is 5.17. The van der Waals surface area contributed by atoms with Gasteiger partial charge in [0.05, 0.1) is 5.57 Å². The van der Waals surface area contributed by atoms with Gasteiger partial charge in [0.2, 0.25) is 5.88 Å². The number of rotatable bonds is 2. The normalized spacial score (nSPS) is 14.5. The van der Waals surface area contributed by atoms with Crippen molar-refractivity contribution in [1.82, 2.24) is 10.9 Å². The van der Waals surface area contributed by atoms with E-state index in [1.165, 1.54) is 6.08 Å². The Morgan fingerprint density at radius 1 is 1.21 bits per heavy atom. The monoisotopic (exact) mass is 303 g/mol. The molecule has 1 aromatic carbocycles. The summed E-state index contributed by atoms with van der Waals surface area (Å²) >= 11 is 0. The van der Waals surface area contributed by atoms with Crippen LogP contribution < -0.4 is 22.5 Å². The second-order valence-corrected chi connectivity index (χ2v) is 3.28. The Morgan fingerprint density at radius 2 is 1.84 bits per heavy atom. The molecule has 7 heteroatoms. The van der Waals surface area contributed by atoms with E-state index in [0.717, 1.165) is 0 Å². The molecule has 0 atom stereocenters. The second kappa shape index (κ2) is 9.07. The van der Waals surface area contributed by atoms with Gasteiger partial charge < -0.3 is 5.11 Å². The predicted octanol–water partition coefficient (Wildman–Crippen LogP) is 0.108. The van der Waals surface area contributed by atoms with Crippen LogP contribution in [0.5, 0.6) is 0 Å². The standard InChI is InChI=1S/C7H10N4O2.C5H5.Fe/c8-10-6(12)4-2-1-3-5(4)7(13)11-9;1-2-4-5-3-1;/h1-3,10,12H,8-9H2,(H,11,13);1-5H;/q;-1;/b6-4-;;. The van der Waals surface area contributed by atoms with Crippen molar-refractivity contribution in [3.8, 4) is 0 Å². The average Bonchev–Trinajstić information content (AvgIpc) is 3.09. The molecule has 0 heterocycles. The van der Waals surface area contributed by atoms with Crippen LogP contribution in [0.2, 0.25) is 0 Å². The molecule has 1 amide bonds. The van der Waals surface area contributed by atoms with Crippen molar-refractivity contribution in [3.63, 3.8) is 0 Å². The molecule has 1 aliphatic rings. The van der Waals surface area contributed by atoms with Gasteiger partial charge in [-0.1, -0.05) is 6.08 Å². The number of carbonyl (C=O) groups excluding carboxylic acids is 1. The molecule has 0 saturated heterocycles. The van der Waals surface area contributed by atoms with Gasteiger partial charge in [0, 0.05) is 22.6 Å². The number of carbonyl (C=O) groups is 1. The van der Waals surface area contributed by atoms with Crippen LogP contribution in [-0.2, 0) is 21.9 Å². The third kappa shape index (κ3) is 5.07. The Kier molecular flexibility index (Phi) is 8.15. The van der Waals surface area contributed by atoms with E-state index in [0.29, 0.717) is 5.57 Å². The van der Waals surface area contributed by atoms with Crippen molar-refractivity contribution in [3.05, 3.63) is 65.6 Å². The molecular formula is C12H15FeN4O2-. The van der Waals surface area contributed by atoms with Crippen LogP contribution in [0, 0.1) is 0 Å². The van der Waals surface area contributed by atoms with Crippen LogP contribution in [0.1, 0.15) is 0 Å². The summed E-state index contributed by atoms with van der Waals surface area (Å²) in [5.41, 5.74) is 4.57. The fraction of sp³-hybridized carbons (Fsp3) is 0. The first kappa shape index (κ1) is 17.1. The molecule has 0 radical (unpaired) electrons. The zero-order chi connectivity index (χ0) is 13.4. The van der Waals surface area contributed by atoms with Gasteiger partial charge >= 0.3 is 0 Å². The molecule has 0 fully saturated rings. The van der Waals surface area contributed by atoms with Gasteiger partial charge in [-0.25, -0.2) is 23.8 Å². The number of hydrogen-bond acceptors (Lipinski definition) is 5. The summed E-state index contributed by atoms with van der Waals surface area (Å²) in [6, 6.07) is 10.0. The van der Waals surface area contributed by atoms with Gasteiger partial charge in [0.1, 0.15) is 0 Å². The zero-order valence-electron chi connectivity index (χ0n) is 9.98. The molecule has 6 nitrogen and oxygen atoms in total. The number of aliphatic hydroxyl groups is 1. The summed E-state index contributed by atoms with van der Waals surface area (Å²) < 4.78 is 0. The van der Waals surface area contributed by atoms with E-state index in [2.05, 4.69) is 0 Å². The Labute approximate surface area is 121 Å². The van der Waals surface area contributed by atoms with Gasteiger partial charge in [-0.05, 0) is 12.2 Å². The second-order valence-electron chi connectivity index (χ2n) is 3.28. The molecule has 2 rings (SSSR count). The molecule has 0 bridgehead atoms. The number of aliphatic hydroxyl groups excluding tert-OH is 1. The fourth-order valence-electron chi connectivity index (χ4n) is 1.30. The van der Waals surface area contributed by atoms with Crippen molar-refractivity contribution in [2.24, 2.45) is 11.7 Å².